The Morgan fingerprint density at radius 3 is 2.86 bits per heavy atom. The molecule has 2 N–H and O–H groups in total. The molecule has 0 atom stereocenters. The van der Waals surface area contributed by atoms with Gasteiger partial charge in [-0.2, -0.15) is 11.3 Å². The lowest BCUT2D eigenvalue weighted by atomic mass is 9.95. The molecule has 0 saturated carbocycles. The molecule has 0 fully saturated rings. The molecule has 0 radical (unpaired) electrons. The van der Waals surface area contributed by atoms with Crippen molar-refractivity contribution in [3.05, 3.63) is 45.1 Å². The van der Waals surface area contributed by atoms with Crippen LogP contribution in [0.3, 0.4) is 0 Å². The lowest BCUT2D eigenvalue weighted by Crippen LogP contribution is -2.07. The zero-order valence-corrected chi connectivity index (χ0v) is 11.8. The quantitative estimate of drug-likeness (QED) is 0.846. The Labute approximate surface area is 124 Å². The number of hydrogen-bond acceptors (Lipinski definition) is 5. The van der Waals surface area contributed by atoms with Gasteiger partial charge in [0.2, 0.25) is 5.78 Å². The lowest BCUT2D eigenvalue weighted by molar-refractivity contribution is -0.136. The van der Waals surface area contributed by atoms with Gasteiger partial charge in [-0.05, 0) is 23.1 Å². The summed E-state index contributed by atoms with van der Waals surface area (Å²) in [4.78, 5) is 23.5. The van der Waals surface area contributed by atoms with Crippen molar-refractivity contribution in [3.63, 3.8) is 0 Å². The van der Waals surface area contributed by atoms with Crippen LogP contribution in [0.1, 0.15) is 27.0 Å². The van der Waals surface area contributed by atoms with Gasteiger partial charge in [-0.3, -0.25) is 9.59 Å². The summed E-state index contributed by atoms with van der Waals surface area (Å²) >= 11 is 1.38. The second kappa shape index (κ2) is 5.21. The van der Waals surface area contributed by atoms with Gasteiger partial charge >= 0.3 is 5.97 Å². The molecule has 1 aromatic carbocycles. The second-order valence-electron chi connectivity index (χ2n) is 4.76. The average Bonchev–Trinajstić information content (AvgIpc) is 3.08. The van der Waals surface area contributed by atoms with Gasteiger partial charge < -0.3 is 14.9 Å². The molecule has 2 heterocycles. The van der Waals surface area contributed by atoms with Gasteiger partial charge in [-0.15, -0.1) is 0 Å². The molecule has 21 heavy (non-hydrogen) atoms. The maximum absolute atomic E-state index is 12.5. The largest absolute Gasteiger partial charge is 0.507 e. The molecule has 0 unspecified atom stereocenters. The summed E-state index contributed by atoms with van der Waals surface area (Å²) in [7, 11) is 0. The van der Waals surface area contributed by atoms with Crippen molar-refractivity contribution >= 4 is 23.1 Å². The number of thiophene rings is 1. The lowest BCUT2D eigenvalue weighted by Gasteiger charge is -2.12. The SMILES string of the molecule is O=C(O)Cc1cc2c(c(C(=O)c3ccsc3)c1O)OCC2. The van der Waals surface area contributed by atoms with Crippen molar-refractivity contribution in [1.29, 1.82) is 0 Å². The first-order valence-corrected chi connectivity index (χ1v) is 7.31. The maximum Gasteiger partial charge on any atom is 0.307 e. The molecule has 6 heteroatoms. The number of carboxylic acids is 1. The fourth-order valence-corrected chi connectivity index (χ4v) is 3.07. The smallest absolute Gasteiger partial charge is 0.307 e. The number of aromatic hydroxyl groups is 1. The van der Waals surface area contributed by atoms with Crippen LogP contribution in [0.4, 0.5) is 0 Å². The van der Waals surface area contributed by atoms with Gasteiger partial charge in [0, 0.05) is 22.9 Å². The van der Waals surface area contributed by atoms with Gasteiger partial charge in [-0.25, -0.2) is 0 Å². The highest BCUT2D eigenvalue weighted by atomic mass is 32.1. The number of phenols is 1. The summed E-state index contributed by atoms with van der Waals surface area (Å²) in [6.07, 6.45) is 0.273. The third-order valence-corrected chi connectivity index (χ3v) is 4.06. The molecule has 0 aliphatic carbocycles. The molecule has 0 bridgehead atoms. The number of benzene rings is 1. The molecule has 0 amide bonds. The minimum atomic E-state index is -1.06. The number of fused-ring (bicyclic) bond motifs is 1. The molecular weight excluding hydrogens is 292 g/mol. The molecular formula is C15H12O5S. The van der Waals surface area contributed by atoms with Crippen LogP contribution in [0.5, 0.6) is 11.5 Å². The third kappa shape index (κ3) is 2.38. The van der Waals surface area contributed by atoms with Crippen LogP contribution >= 0.6 is 11.3 Å². The van der Waals surface area contributed by atoms with Crippen molar-refractivity contribution in [3.8, 4) is 11.5 Å². The standard InChI is InChI=1S/C15H12O5S/c16-11(17)6-10-5-8-1-3-20-15(8)12(14(10)19)13(18)9-2-4-21-7-9/h2,4-5,7,19H,1,3,6H2,(H,16,17). The Morgan fingerprint density at radius 1 is 1.38 bits per heavy atom. The summed E-state index contributed by atoms with van der Waals surface area (Å²) in [6, 6.07) is 3.27. The highest BCUT2D eigenvalue weighted by molar-refractivity contribution is 7.08. The van der Waals surface area contributed by atoms with Crippen LogP contribution in [0, 0.1) is 0 Å². The molecule has 108 valence electrons. The second-order valence-corrected chi connectivity index (χ2v) is 5.54. The van der Waals surface area contributed by atoms with Crippen molar-refractivity contribution < 1.29 is 24.5 Å². The Morgan fingerprint density at radius 2 is 2.19 bits per heavy atom. The number of phenolic OH excluding ortho intramolecular Hbond substituents is 1. The van der Waals surface area contributed by atoms with E-state index in [-0.39, 0.29) is 29.1 Å². The van der Waals surface area contributed by atoms with Crippen LogP contribution in [-0.4, -0.2) is 28.6 Å². The molecule has 2 aromatic rings. The fourth-order valence-electron chi connectivity index (χ4n) is 2.43. The predicted molar refractivity (Wildman–Crippen MR) is 76.4 cm³/mol. The molecule has 1 aromatic heterocycles. The number of ketones is 1. The van der Waals surface area contributed by atoms with E-state index in [1.54, 1.807) is 22.9 Å². The Balaban J connectivity index is 2.16. The maximum atomic E-state index is 12.5. The molecule has 1 aliphatic heterocycles. The third-order valence-electron chi connectivity index (χ3n) is 3.38. The Hall–Kier alpha value is -2.34. The number of rotatable bonds is 4. The van der Waals surface area contributed by atoms with Gasteiger partial charge in [0.15, 0.2) is 0 Å². The van der Waals surface area contributed by atoms with Crippen LogP contribution < -0.4 is 4.74 Å². The van der Waals surface area contributed by atoms with Gasteiger partial charge in [0.25, 0.3) is 0 Å². The van der Waals surface area contributed by atoms with Gasteiger partial charge in [0.05, 0.1) is 13.0 Å². The summed E-state index contributed by atoms with van der Waals surface area (Å²) in [5.74, 6) is -1.33. The highest BCUT2D eigenvalue weighted by Gasteiger charge is 2.28. The predicted octanol–water partition coefficient (Wildman–Crippen LogP) is 2.25. The van der Waals surface area contributed by atoms with E-state index in [1.807, 2.05) is 0 Å². The number of ether oxygens (including phenoxy) is 1. The molecule has 5 nitrogen and oxygen atoms in total. The van der Waals surface area contributed by atoms with E-state index in [0.717, 1.165) is 5.56 Å². The number of carbonyl (C=O) groups excluding carboxylic acids is 1. The summed E-state index contributed by atoms with van der Waals surface area (Å²) in [5.41, 5.74) is 1.54. The van der Waals surface area contributed by atoms with E-state index in [0.29, 0.717) is 24.3 Å². The van der Waals surface area contributed by atoms with Crippen LogP contribution in [-0.2, 0) is 17.6 Å². The van der Waals surface area contributed by atoms with Crippen LogP contribution in [0.2, 0.25) is 0 Å². The number of aliphatic carboxylic acids is 1. The zero-order chi connectivity index (χ0) is 15.0. The van der Waals surface area contributed by atoms with Crippen LogP contribution in [0.25, 0.3) is 0 Å². The average molecular weight is 304 g/mol. The summed E-state index contributed by atoms with van der Waals surface area (Å²) in [5, 5.41) is 22.7. The Bertz CT molecular complexity index is 718. The highest BCUT2D eigenvalue weighted by Crippen LogP contribution is 2.40. The minimum absolute atomic E-state index is 0.0691. The van der Waals surface area contributed by atoms with E-state index >= 15 is 0 Å². The van der Waals surface area contributed by atoms with Crippen molar-refractivity contribution in [2.24, 2.45) is 0 Å². The number of carboxylic acid groups (broad SMARTS) is 1. The van der Waals surface area contributed by atoms with E-state index in [1.165, 1.54) is 11.3 Å². The first kappa shape index (κ1) is 13.6. The first-order chi connectivity index (χ1) is 10.1. The van der Waals surface area contributed by atoms with Crippen LogP contribution in [0.15, 0.2) is 22.9 Å². The van der Waals surface area contributed by atoms with Gasteiger partial charge in [0.1, 0.15) is 17.1 Å². The molecule has 0 saturated heterocycles. The van der Waals surface area contributed by atoms with E-state index in [9.17, 15) is 14.7 Å². The molecule has 1 aliphatic rings. The first-order valence-electron chi connectivity index (χ1n) is 6.37. The summed E-state index contributed by atoms with van der Waals surface area (Å²) < 4.78 is 5.46. The molecule has 3 rings (SSSR count). The number of carbonyl (C=O) groups is 2. The van der Waals surface area contributed by atoms with E-state index in [4.69, 9.17) is 9.84 Å². The van der Waals surface area contributed by atoms with Gasteiger partial charge in [-0.1, -0.05) is 0 Å². The van der Waals surface area contributed by atoms with Crippen molar-refractivity contribution in [1.82, 2.24) is 0 Å². The minimum Gasteiger partial charge on any atom is -0.507 e. The van der Waals surface area contributed by atoms with Crippen molar-refractivity contribution in [2.75, 3.05) is 6.61 Å². The topological polar surface area (TPSA) is 83.8 Å². The van der Waals surface area contributed by atoms with Crippen molar-refractivity contribution in [2.45, 2.75) is 12.8 Å². The fraction of sp³-hybridized carbons (Fsp3) is 0.200. The monoisotopic (exact) mass is 304 g/mol. The molecule has 0 spiro atoms. The normalized spacial score (nSPS) is 12.8. The van der Waals surface area contributed by atoms with E-state index in [2.05, 4.69) is 0 Å². The van der Waals surface area contributed by atoms with E-state index < -0.39 is 5.97 Å². The zero-order valence-electron chi connectivity index (χ0n) is 11.0. The number of hydrogen-bond donors (Lipinski definition) is 2. The summed E-state index contributed by atoms with van der Waals surface area (Å²) in [6.45, 7) is 0.426. The Kier molecular flexibility index (Phi) is 3.39.